The van der Waals surface area contributed by atoms with E-state index in [1.807, 2.05) is 0 Å². The van der Waals surface area contributed by atoms with Crippen LogP contribution in [0, 0.1) is 11.3 Å². The topological polar surface area (TPSA) is 23.5 Å². The molecule has 2 saturated carbocycles. The highest BCUT2D eigenvalue weighted by atomic mass is 16.3. The second kappa shape index (κ2) is 4.30. The molecule has 0 aromatic rings. The van der Waals surface area contributed by atoms with Crippen LogP contribution < -0.4 is 0 Å². The molecule has 2 aliphatic rings. The molecule has 0 radical (unpaired) electrons. The van der Waals surface area contributed by atoms with Gasteiger partial charge >= 0.3 is 0 Å². The van der Waals surface area contributed by atoms with E-state index in [-0.39, 0.29) is 6.10 Å². The Bertz CT molecular complexity index is 247. The summed E-state index contributed by atoms with van der Waals surface area (Å²) in [5.74, 6) is 0.917. The molecule has 2 nitrogen and oxygen atoms in total. The first-order chi connectivity index (χ1) is 7.42. The molecule has 16 heavy (non-hydrogen) atoms. The zero-order chi connectivity index (χ0) is 11.9. The predicted octanol–water partition coefficient (Wildman–Crippen LogP) is 2.66. The summed E-state index contributed by atoms with van der Waals surface area (Å²) in [6.07, 6.45) is 5.82. The van der Waals surface area contributed by atoms with Crippen molar-refractivity contribution in [3.63, 3.8) is 0 Å². The zero-order valence-corrected chi connectivity index (χ0v) is 11.2. The Morgan fingerprint density at radius 3 is 2.44 bits per heavy atom. The molecule has 0 aliphatic heterocycles. The third kappa shape index (κ3) is 2.43. The van der Waals surface area contributed by atoms with Crippen LogP contribution in [0.3, 0.4) is 0 Å². The Labute approximate surface area is 100 Å². The van der Waals surface area contributed by atoms with Gasteiger partial charge in [-0.1, -0.05) is 13.8 Å². The standard InChI is InChI=1S/C14H27NO/c1-10(11-5-6-11)15(4)13-9-12(16)7-8-14(13,2)3/h10-13,16H,5-9H2,1-4H3. The van der Waals surface area contributed by atoms with Gasteiger partial charge in [0, 0.05) is 12.1 Å². The van der Waals surface area contributed by atoms with E-state index in [4.69, 9.17) is 0 Å². The number of nitrogens with zero attached hydrogens (tertiary/aromatic N) is 1. The maximum absolute atomic E-state index is 9.87. The summed E-state index contributed by atoms with van der Waals surface area (Å²) in [6.45, 7) is 7.08. The first kappa shape index (κ1) is 12.4. The van der Waals surface area contributed by atoms with Crippen LogP contribution in [0.4, 0.5) is 0 Å². The molecular weight excluding hydrogens is 198 g/mol. The summed E-state index contributed by atoms with van der Waals surface area (Å²) >= 11 is 0. The summed E-state index contributed by atoms with van der Waals surface area (Å²) in [5, 5.41) is 9.87. The van der Waals surface area contributed by atoms with E-state index >= 15 is 0 Å². The summed E-state index contributed by atoms with van der Waals surface area (Å²) in [6, 6.07) is 1.24. The average molecular weight is 225 g/mol. The quantitative estimate of drug-likeness (QED) is 0.798. The molecule has 2 rings (SSSR count). The third-order valence-electron chi connectivity index (χ3n) is 4.96. The predicted molar refractivity (Wildman–Crippen MR) is 67.4 cm³/mol. The molecule has 0 aromatic carbocycles. The first-order valence-corrected chi connectivity index (χ1v) is 6.82. The van der Waals surface area contributed by atoms with Gasteiger partial charge in [0.1, 0.15) is 0 Å². The van der Waals surface area contributed by atoms with Crippen LogP contribution >= 0.6 is 0 Å². The van der Waals surface area contributed by atoms with Gasteiger partial charge in [0.15, 0.2) is 0 Å². The van der Waals surface area contributed by atoms with Crippen molar-refractivity contribution in [3.8, 4) is 0 Å². The number of rotatable bonds is 3. The number of hydrogen-bond acceptors (Lipinski definition) is 2. The van der Waals surface area contributed by atoms with E-state index < -0.39 is 0 Å². The second-order valence-electron chi connectivity index (χ2n) is 6.68. The molecular formula is C14H27NO. The highest BCUT2D eigenvalue weighted by Gasteiger charge is 2.42. The van der Waals surface area contributed by atoms with Crippen LogP contribution in [0.1, 0.15) is 52.9 Å². The molecule has 2 aliphatic carbocycles. The van der Waals surface area contributed by atoms with Crippen molar-refractivity contribution in [3.05, 3.63) is 0 Å². The molecule has 0 saturated heterocycles. The van der Waals surface area contributed by atoms with Crippen LogP contribution in [0.15, 0.2) is 0 Å². The monoisotopic (exact) mass is 225 g/mol. The molecule has 1 N–H and O–H groups in total. The minimum atomic E-state index is -0.0770. The molecule has 94 valence electrons. The third-order valence-corrected chi connectivity index (χ3v) is 4.96. The normalized spacial score (nSPS) is 36.4. The van der Waals surface area contributed by atoms with Gasteiger partial charge in [0.25, 0.3) is 0 Å². The van der Waals surface area contributed by atoms with E-state index in [1.54, 1.807) is 0 Å². The number of aliphatic hydroxyl groups is 1. The second-order valence-corrected chi connectivity index (χ2v) is 6.68. The van der Waals surface area contributed by atoms with Crippen LogP contribution in [-0.2, 0) is 0 Å². The minimum Gasteiger partial charge on any atom is -0.393 e. The Kier molecular flexibility index (Phi) is 3.33. The summed E-state index contributed by atoms with van der Waals surface area (Å²) in [4.78, 5) is 2.54. The largest absolute Gasteiger partial charge is 0.393 e. The molecule has 0 amide bonds. The van der Waals surface area contributed by atoms with Gasteiger partial charge in [-0.2, -0.15) is 0 Å². The minimum absolute atomic E-state index is 0.0770. The van der Waals surface area contributed by atoms with Crippen molar-refractivity contribution in [2.24, 2.45) is 11.3 Å². The van der Waals surface area contributed by atoms with Gasteiger partial charge in [-0.3, -0.25) is 4.90 Å². The number of aliphatic hydroxyl groups excluding tert-OH is 1. The van der Waals surface area contributed by atoms with Crippen molar-refractivity contribution in [2.75, 3.05) is 7.05 Å². The van der Waals surface area contributed by atoms with Crippen molar-refractivity contribution in [2.45, 2.75) is 71.1 Å². The molecule has 0 spiro atoms. The van der Waals surface area contributed by atoms with Crippen LogP contribution in [0.25, 0.3) is 0 Å². The Morgan fingerprint density at radius 2 is 1.88 bits per heavy atom. The lowest BCUT2D eigenvalue weighted by Gasteiger charge is -2.47. The molecule has 2 heteroatoms. The van der Waals surface area contributed by atoms with E-state index in [2.05, 4.69) is 32.7 Å². The van der Waals surface area contributed by atoms with Crippen LogP contribution in [-0.4, -0.2) is 35.2 Å². The smallest absolute Gasteiger partial charge is 0.0555 e. The molecule has 3 atom stereocenters. The Balaban J connectivity index is 2.03. The van der Waals surface area contributed by atoms with Crippen LogP contribution in [0.2, 0.25) is 0 Å². The van der Waals surface area contributed by atoms with Crippen LogP contribution in [0.5, 0.6) is 0 Å². The summed E-state index contributed by atoms with van der Waals surface area (Å²) in [5.41, 5.74) is 0.358. The van der Waals surface area contributed by atoms with Crippen molar-refractivity contribution in [1.29, 1.82) is 0 Å². The number of hydrogen-bond donors (Lipinski definition) is 1. The van der Waals surface area contributed by atoms with Gasteiger partial charge in [0.2, 0.25) is 0 Å². The SMILES string of the molecule is CC(C1CC1)N(C)C1CC(O)CCC1(C)C. The fourth-order valence-corrected chi connectivity index (χ4v) is 3.31. The maximum atomic E-state index is 9.87. The highest BCUT2D eigenvalue weighted by Crippen LogP contribution is 2.42. The Morgan fingerprint density at radius 1 is 1.25 bits per heavy atom. The lowest BCUT2D eigenvalue weighted by atomic mass is 9.71. The molecule has 3 unspecified atom stereocenters. The van der Waals surface area contributed by atoms with Gasteiger partial charge in [-0.25, -0.2) is 0 Å². The lowest BCUT2D eigenvalue weighted by molar-refractivity contribution is -0.0179. The van der Waals surface area contributed by atoms with E-state index in [0.717, 1.165) is 25.2 Å². The van der Waals surface area contributed by atoms with Crippen molar-refractivity contribution >= 4 is 0 Å². The van der Waals surface area contributed by atoms with Crippen molar-refractivity contribution in [1.82, 2.24) is 4.90 Å². The average Bonchev–Trinajstić information content (AvgIpc) is 3.03. The summed E-state index contributed by atoms with van der Waals surface area (Å²) in [7, 11) is 2.26. The fourth-order valence-electron chi connectivity index (χ4n) is 3.31. The van der Waals surface area contributed by atoms with E-state index in [0.29, 0.717) is 17.5 Å². The van der Waals surface area contributed by atoms with Gasteiger partial charge in [0.05, 0.1) is 6.10 Å². The highest BCUT2D eigenvalue weighted by molar-refractivity contribution is 4.95. The van der Waals surface area contributed by atoms with E-state index in [9.17, 15) is 5.11 Å². The first-order valence-electron chi connectivity index (χ1n) is 6.82. The van der Waals surface area contributed by atoms with Crippen molar-refractivity contribution < 1.29 is 5.11 Å². The zero-order valence-electron chi connectivity index (χ0n) is 11.2. The summed E-state index contributed by atoms with van der Waals surface area (Å²) < 4.78 is 0. The molecule has 0 heterocycles. The van der Waals surface area contributed by atoms with E-state index in [1.165, 1.54) is 12.8 Å². The van der Waals surface area contributed by atoms with Gasteiger partial charge in [-0.15, -0.1) is 0 Å². The van der Waals surface area contributed by atoms with Gasteiger partial charge in [-0.05, 0) is 57.4 Å². The lowest BCUT2D eigenvalue weighted by Crippen LogP contribution is -2.52. The molecule has 2 fully saturated rings. The van der Waals surface area contributed by atoms with Gasteiger partial charge < -0.3 is 5.11 Å². The maximum Gasteiger partial charge on any atom is 0.0555 e. The Hall–Kier alpha value is -0.0800. The molecule has 0 aromatic heterocycles. The fraction of sp³-hybridized carbons (Fsp3) is 1.00. The molecule has 0 bridgehead atoms.